The van der Waals surface area contributed by atoms with Crippen LogP contribution in [-0.2, 0) is 16.1 Å². The monoisotopic (exact) mass is 225 g/mol. The molecule has 7 heteroatoms. The number of carbonyl (C=O) groups excluding carboxylic acids is 2. The van der Waals surface area contributed by atoms with E-state index < -0.39 is 11.8 Å². The lowest BCUT2D eigenvalue weighted by molar-refractivity contribution is -0.139. The highest BCUT2D eigenvalue weighted by molar-refractivity contribution is 6.35. The highest BCUT2D eigenvalue weighted by atomic mass is 16.2. The Morgan fingerprint density at radius 3 is 2.69 bits per heavy atom. The summed E-state index contributed by atoms with van der Waals surface area (Å²) >= 11 is 0. The van der Waals surface area contributed by atoms with Gasteiger partial charge in [-0.05, 0) is 6.92 Å². The maximum Gasteiger partial charge on any atom is 0.309 e. The third-order valence-electron chi connectivity index (χ3n) is 2.01. The maximum absolute atomic E-state index is 11.3. The summed E-state index contributed by atoms with van der Waals surface area (Å²) in [7, 11) is 0. The largest absolute Gasteiger partial charge is 0.347 e. The van der Waals surface area contributed by atoms with Crippen molar-refractivity contribution in [1.29, 1.82) is 0 Å². The van der Waals surface area contributed by atoms with E-state index in [1.807, 2.05) is 6.92 Å². The lowest BCUT2D eigenvalue weighted by atomic mass is 10.2. The summed E-state index contributed by atoms with van der Waals surface area (Å²) in [6.07, 6.45) is 1.60. The predicted octanol–water partition coefficient (Wildman–Crippen LogP) is -1.59. The van der Waals surface area contributed by atoms with Gasteiger partial charge >= 0.3 is 11.8 Å². The van der Waals surface area contributed by atoms with E-state index in [0.717, 1.165) is 11.3 Å². The fourth-order valence-electron chi connectivity index (χ4n) is 1.08. The van der Waals surface area contributed by atoms with E-state index in [0.29, 0.717) is 6.54 Å². The van der Waals surface area contributed by atoms with Gasteiger partial charge in [0.1, 0.15) is 0 Å². The number of hydrogen-bond donors (Lipinski definition) is 4. The van der Waals surface area contributed by atoms with Crippen molar-refractivity contribution in [3.8, 4) is 0 Å². The zero-order valence-electron chi connectivity index (χ0n) is 9.04. The van der Waals surface area contributed by atoms with Gasteiger partial charge in [0.05, 0.1) is 6.20 Å². The van der Waals surface area contributed by atoms with Crippen LogP contribution < -0.4 is 16.4 Å². The van der Waals surface area contributed by atoms with Gasteiger partial charge in [0.2, 0.25) is 0 Å². The third kappa shape index (κ3) is 3.35. The number of nitrogens with one attached hydrogen (secondary N) is 3. The van der Waals surface area contributed by atoms with Crippen molar-refractivity contribution in [3.05, 3.63) is 17.5 Å². The maximum atomic E-state index is 11.3. The van der Waals surface area contributed by atoms with Gasteiger partial charge < -0.3 is 16.4 Å². The van der Waals surface area contributed by atoms with E-state index in [1.54, 1.807) is 6.20 Å². The molecule has 0 saturated heterocycles. The molecule has 0 bridgehead atoms. The number of hydrogen-bond acceptors (Lipinski definition) is 4. The quantitative estimate of drug-likeness (QED) is 0.463. The molecule has 7 nitrogen and oxygen atoms in total. The number of amides is 2. The van der Waals surface area contributed by atoms with E-state index in [-0.39, 0.29) is 13.1 Å². The second-order valence-corrected chi connectivity index (χ2v) is 3.25. The number of nitrogens with zero attached hydrogens (tertiary/aromatic N) is 1. The van der Waals surface area contributed by atoms with Gasteiger partial charge in [-0.15, -0.1) is 0 Å². The Balaban J connectivity index is 2.35. The third-order valence-corrected chi connectivity index (χ3v) is 2.01. The number of carbonyl (C=O) groups is 2. The van der Waals surface area contributed by atoms with Crippen LogP contribution in [0.5, 0.6) is 0 Å². The van der Waals surface area contributed by atoms with Gasteiger partial charge in [0, 0.05) is 30.9 Å². The van der Waals surface area contributed by atoms with Crippen molar-refractivity contribution in [3.63, 3.8) is 0 Å². The zero-order chi connectivity index (χ0) is 12.0. The average molecular weight is 225 g/mol. The molecule has 0 aliphatic carbocycles. The molecule has 0 saturated carbocycles. The lowest BCUT2D eigenvalue weighted by Crippen LogP contribution is -2.41. The van der Waals surface area contributed by atoms with Crippen molar-refractivity contribution >= 4 is 11.8 Å². The van der Waals surface area contributed by atoms with Gasteiger partial charge in [0.15, 0.2) is 0 Å². The molecule has 0 atom stereocenters. The highest BCUT2D eigenvalue weighted by Crippen LogP contribution is 2.00. The van der Waals surface area contributed by atoms with Crippen LogP contribution in [0.15, 0.2) is 6.20 Å². The SMILES string of the molecule is Cc1[nH]ncc1CNC(=O)C(=O)NCCN. The summed E-state index contributed by atoms with van der Waals surface area (Å²) in [5.41, 5.74) is 6.90. The second-order valence-electron chi connectivity index (χ2n) is 3.25. The van der Waals surface area contributed by atoms with Crippen molar-refractivity contribution < 1.29 is 9.59 Å². The topological polar surface area (TPSA) is 113 Å². The molecule has 5 N–H and O–H groups in total. The van der Waals surface area contributed by atoms with Crippen LogP contribution in [0.25, 0.3) is 0 Å². The summed E-state index contributed by atoms with van der Waals surface area (Å²) in [5, 5.41) is 11.4. The Morgan fingerprint density at radius 1 is 1.44 bits per heavy atom. The lowest BCUT2D eigenvalue weighted by Gasteiger charge is -2.04. The first-order chi connectivity index (χ1) is 7.65. The Labute approximate surface area is 92.8 Å². The van der Waals surface area contributed by atoms with Crippen LogP contribution >= 0.6 is 0 Å². The van der Waals surface area contributed by atoms with Crippen LogP contribution in [0.1, 0.15) is 11.3 Å². The molecule has 2 amide bonds. The predicted molar refractivity (Wildman–Crippen MR) is 57.2 cm³/mol. The zero-order valence-corrected chi connectivity index (χ0v) is 9.04. The van der Waals surface area contributed by atoms with E-state index in [9.17, 15) is 9.59 Å². The van der Waals surface area contributed by atoms with Gasteiger partial charge in [-0.25, -0.2) is 0 Å². The first kappa shape index (κ1) is 12.2. The highest BCUT2D eigenvalue weighted by Gasteiger charge is 2.12. The molecular formula is C9H15N5O2. The molecule has 0 spiro atoms. The number of aryl methyl sites for hydroxylation is 1. The molecule has 0 aliphatic rings. The Kier molecular flexibility index (Phi) is 4.46. The Morgan fingerprint density at radius 2 is 2.12 bits per heavy atom. The summed E-state index contributed by atoms with van der Waals surface area (Å²) in [6.45, 7) is 2.71. The minimum Gasteiger partial charge on any atom is -0.347 e. The number of aromatic amines is 1. The van der Waals surface area contributed by atoms with E-state index in [2.05, 4.69) is 20.8 Å². The molecule has 1 aromatic heterocycles. The molecule has 1 heterocycles. The van der Waals surface area contributed by atoms with Crippen molar-refractivity contribution in [2.45, 2.75) is 13.5 Å². The fraction of sp³-hybridized carbons (Fsp3) is 0.444. The van der Waals surface area contributed by atoms with E-state index in [4.69, 9.17) is 5.73 Å². The van der Waals surface area contributed by atoms with Crippen LogP contribution in [0.4, 0.5) is 0 Å². The molecular weight excluding hydrogens is 210 g/mol. The number of nitrogens with two attached hydrogens (primary N) is 1. The Hall–Kier alpha value is -1.89. The molecule has 0 aliphatic heterocycles. The van der Waals surface area contributed by atoms with Crippen molar-refractivity contribution in [2.24, 2.45) is 5.73 Å². The van der Waals surface area contributed by atoms with Crippen LogP contribution in [0.3, 0.4) is 0 Å². The fourth-order valence-corrected chi connectivity index (χ4v) is 1.08. The van der Waals surface area contributed by atoms with Crippen LogP contribution in [0, 0.1) is 6.92 Å². The van der Waals surface area contributed by atoms with Gasteiger partial charge in [-0.3, -0.25) is 14.7 Å². The van der Waals surface area contributed by atoms with Gasteiger partial charge in [-0.2, -0.15) is 5.10 Å². The molecule has 0 fully saturated rings. The van der Waals surface area contributed by atoms with Crippen molar-refractivity contribution in [2.75, 3.05) is 13.1 Å². The van der Waals surface area contributed by atoms with Crippen LogP contribution in [0.2, 0.25) is 0 Å². The average Bonchev–Trinajstić information content (AvgIpc) is 2.68. The smallest absolute Gasteiger partial charge is 0.309 e. The molecule has 88 valence electrons. The minimum absolute atomic E-state index is 0.275. The van der Waals surface area contributed by atoms with Gasteiger partial charge in [0.25, 0.3) is 0 Å². The number of aromatic nitrogens is 2. The molecule has 1 aromatic rings. The van der Waals surface area contributed by atoms with Gasteiger partial charge in [-0.1, -0.05) is 0 Å². The first-order valence-corrected chi connectivity index (χ1v) is 4.90. The summed E-state index contributed by atoms with van der Waals surface area (Å²) in [6, 6.07) is 0. The second kappa shape index (κ2) is 5.86. The normalized spacial score (nSPS) is 9.88. The van der Waals surface area contributed by atoms with Crippen molar-refractivity contribution in [1.82, 2.24) is 20.8 Å². The molecule has 0 unspecified atom stereocenters. The molecule has 16 heavy (non-hydrogen) atoms. The summed E-state index contributed by atoms with van der Waals surface area (Å²) < 4.78 is 0. The van der Waals surface area contributed by atoms with E-state index >= 15 is 0 Å². The number of rotatable bonds is 4. The molecule has 0 radical (unpaired) electrons. The molecule has 1 rings (SSSR count). The summed E-state index contributed by atoms with van der Waals surface area (Å²) in [4.78, 5) is 22.4. The minimum atomic E-state index is -0.674. The molecule has 0 aromatic carbocycles. The van der Waals surface area contributed by atoms with Crippen LogP contribution in [-0.4, -0.2) is 35.1 Å². The number of H-pyrrole nitrogens is 1. The standard InChI is InChI=1S/C9H15N5O2/c1-6-7(5-13-14-6)4-12-9(16)8(15)11-3-2-10/h5H,2-4,10H2,1H3,(H,11,15)(H,12,16)(H,13,14). The first-order valence-electron chi connectivity index (χ1n) is 4.90. The van der Waals surface area contributed by atoms with E-state index in [1.165, 1.54) is 0 Å². The Bertz CT molecular complexity index is 374. The summed E-state index contributed by atoms with van der Waals surface area (Å²) in [5.74, 6) is -1.35.